The maximum absolute atomic E-state index is 12.0. The van der Waals surface area contributed by atoms with Gasteiger partial charge >= 0.3 is 0 Å². The number of anilines is 1. The molecule has 0 fully saturated rings. The highest BCUT2D eigenvalue weighted by atomic mass is 32.2. The van der Waals surface area contributed by atoms with Crippen molar-refractivity contribution in [3.8, 4) is 0 Å². The Morgan fingerprint density at radius 2 is 2.28 bits per heavy atom. The quantitative estimate of drug-likeness (QED) is 0.352. The molecule has 1 rings (SSSR count). The summed E-state index contributed by atoms with van der Waals surface area (Å²) < 4.78 is 31.5. The molecule has 0 amide bonds. The highest BCUT2D eigenvalue weighted by Gasteiger charge is 2.17. The maximum Gasteiger partial charge on any atom is 0.244 e. The van der Waals surface area contributed by atoms with Crippen molar-refractivity contribution in [2.45, 2.75) is 18.2 Å². The van der Waals surface area contributed by atoms with E-state index in [9.17, 15) is 8.42 Å². The predicted octanol–water partition coefficient (Wildman–Crippen LogP) is 0.0721. The fraction of sp³-hybridized carbons (Fsp3) is 0.500. The SMILES string of the molecule is CCOCCCNS(=O)(=O)c1cccnc1NN. The first-order chi connectivity index (χ1) is 8.61. The zero-order chi connectivity index (χ0) is 13.4. The van der Waals surface area contributed by atoms with Crippen LogP contribution in [0.5, 0.6) is 0 Å². The van der Waals surface area contributed by atoms with Gasteiger partial charge in [0, 0.05) is 26.0 Å². The third-order valence-corrected chi connectivity index (χ3v) is 3.65. The van der Waals surface area contributed by atoms with Gasteiger partial charge in [0.2, 0.25) is 10.0 Å². The van der Waals surface area contributed by atoms with E-state index in [1.165, 1.54) is 18.3 Å². The average Bonchev–Trinajstić information content (AvgIpc) is 2.38. The van der Waals surface area contributed by atoms with E-state index >= 15 is 0 Å². The van der Waals surface area contributed by atoms with E-state index in [0.717, 1.165) is 0 Å². The molecule has 0 unspecified atom stereocenters. The van der Waals surface area contributed by atoms with E-state index < -0.39 is 10.0 Å². The molecule has 1 aromatic rings. The van der Waals surface area contributed by atoms with Crippen molar-refractivity contribution < 1.29 is 13.2 Å². The van der Waals surface area contributed by atoms with Gasteiger partial charge < -0.3 is 10.2 Å². The molecule has 0 saturated heterocycles. The summed E-state index contributed by atoms with van der Waals surface area (Å²) in [6.07, 6.45) is 2.07. The summed E-state index contributed by atoms with van der Waals surface area (Å²) in [5.74, 6) is 5.34. The molecule has 0 spiro atoms. The minimum absolute atomic E-state index is 0.0314. The summed E-state index contributed by atoms with van der Waals surface area (Å²) in [5.41, 5.74) is 2.26. The van der Waals surface area contributed by atoms with Crippen LogP contribution < -0.4 is 16.0 Å². The minimum Gasteiger partial charge on any atom is -0.382 e. The van der Waals surface area contributed by atoms with Crippen LogP contribution in [0.2, 0.25) is 0 Å². The van der Waals surface area contributed by atoms with E-state index in [1.807, 2.05) is 6.92 Å². The van der Waals surface area contributed by atoms with Crippen LogP contribution in [0.25, 0.3) is 0 Å². The monoisotopic (exact) mass is 274 g/mol. The second-order valence-corrected chi connectivity index (χ2v) is 5.18. The summed E-state index contributed by atoms with van der Waals surface area (Å²) in [6.45, 7) is 3.34. The number of nitrogens with two attached hydrogens (primary N) is 1. The minimum atomic E-state index is -3.60. The number of hydrogen-bond acceptors (Lipinski definition) is 6. The highest BCUT2D eigenvalue weighted by molar-refractivity contribution is 7.89. The number of sulfonamides is 1. The van der Waals surface area contributed by atoms with Gasteiger partial charge in [-0.15, -0.1) is 0 Å². The average molecular weight is 274 g/mol. The predicted molar refractivity (Wildman–Crippen MR) is 68.3 cm³/mol. The summed E-state index contributed by atoms with van der Waals surface area (Å²) in [5, 5.41) is 0. The molecule has 0 aromatic carbocycles. The summed E-state index contributed by atoms with van der Waals surface area (Å²) in [7, 11) is -3.60. The molecule has 102 valence electrons. The molecule has 0 aliphatic rings. The van der Waals surface area contributed by atoms with Crippen molar-refractivity contribution in [1.29, 1.82) is 0 Å². The molecular formula is C10H18N4O3S. The molecule has 1 aromatic heterocycles. The van der Waals surface area contributed by atoms with E-state index in [4.69, 9.17) is 10.6 Å². The van der Waals surface area contributed by atoms with Gasteiger partial charge in [-0.05, 0) is 25.5 Å². The Kier molecular flexibility index (Phi) is 5.99. The van der Waals surface area contributed by atoms with E-state index in [-0.39, 0.29) is 10.7 Å². The van der Waals surface area contributed by atoms with Crippen LogP contribution >= 0.6 is 0 Å². The summed E-state index contributed by atoms with van der Waals surface area (Å²) >= 11 is 0. The van der Waals surface area contributed by atoms with E-state index in [0.29, 0.717) is 26.2 Å². The zero-order valence-corrected chi connectivity index (χ0v) is 11.0. The number of rotatable bonds is 8. The smallest absolute Gasteiger partial charge is 0.244 e. The first-order valence-corrected chi connectivity index (χ1v) is 7.09. The third-order valence-electron chi connectivity index (χ3n) is 2.16. The summed E-state index contributed by atoms with van der Waals surface area (Å²) in [6, 6.07) is 2.97. The Morgan fingerprint density at radius 1 is 1.50 bits per heavy atom. The van der Waals surface area contributed by atoms with Crippen molar-refractivity contribution in [3.63, 3.8) is 0 Å². The molecule has 0 aliphatic carbocycles. The Hall–Kier alpha value is -1.22. The number of hydrazine groups is 1. The molecule has 1 heterocycles. The van der Waals surface area contributed by atoms with Gasteiger partial charge in [-0.1, -0.05) is 0 Å². The molecule has 4 N–H and O–H groups in total. The number of nitrogens with zero attached hydrogens (tertiary/aromatic N) is 1. The lowest BCUT2D eigenvalue weighted by Gasteiger charge is -2.09. The first-order valence-electron chi connectivity index (χ1n) is 5.61. The molecule has 0 aliphatic heterocycles. The van der Waals surface area contributed by atoms with Crippen LogP contribution in [-0.4, -0.2) is 33.2 Å². The van der Waals surface area contributed by atoms with E-state index in [1.54, 1.807) is 0 Å². The highest BCUT2D eigenvalue weighted by Crippen LogP contribution is 2.16. The second kappa shape index (κ2) is 7.27. The lowest BCUT2D eigenvalue weighted by Crippen LogP contribution is -2.27. The number of nitrogen functional groups attached to an aromatic ring is 1. The Morgan fingerprint density at radius 3 is 2.94 bits per heavy atom. The number of pyridine rings is 1. The zero-order valence-electron chi connectivity index (χ0n) is 10.2. The van der Waals surface area contributed by atoms with Gasteiger partial charge in [0.05, 0.1) is 0 Å². The van der Waals surface area contributed by atoms with Crippen LogP contribution in [0.3, 0.4) is 0 Å². The van der Waals surface area contributed by atoms with E-state index in [2.05, 4.69) is 15.1 Å². The second-order valence-electron chi connectivity index (χ2n) is 3.44. The fourth-order valence-electron chi connectivity index (χ4n) is 1.32. The summed E-state index contributed by atoms with van der Waals surface area (Å²) in [4.78, 5) is 3.87. The van der Waals surface area contributed by atoms with Crippen molar-refractivity contribution in [2.24, 2.45) is 5.84 Å². The lowest BCUT2D eigenvalue weighted by atomic mass is 10.5. The number of aromatic nitrogens is 1. The van der Waals surface area contributed by atoms with Crippen LogP contribution in [0.15, 0.2) is 23.2 Å². The van der Waals surface area contributed by atoms with Crippen molar-refractivity contribution in [3.05, 3.63) is 18.3 Å². The number of nitrogens with one attached hydrogen (secondary N) is 2. The molecule has 7 nitrogen and oxygen atoms in total. The topological polar surface area (TPSA) is 106 Å². The molecule has 0 saturated carbocycles. The van der Waals surface area contributed by atoms with Gasteiger partial charge in [0.15, 0.2) is 5.82 Å². The van der Waals surface area contributed by atoms with Crippen LogP contribution in [-0.2, 0) is 14.8 Å². The van der Waals surface area contributed by atoms with Crippen LogP contribution in [0, 0.1) is 0 Å². The first kappa shape index (κ1) is 14.8. The van der Waals surface area contributed by atoms with Gasteiger partial charge in [-0.2, -0.15) is 0 Å². The standard InChI is InChI=1S/C10H18N4O3S/c1-2-17-8-4-7-13-18(15,16)9-5-3-6-12-10(9)14-11/h3,5-6,13H,2,4,7-8,11H2,1H3,(H,12,14). The van der Waals surface area contributed by atoms with Gasteiger partial charge in [-0.25, -0.2) is 24.0 Å². The van der Waals surface area contributed by atoms with Crippen molar-refractivity contribution in [1.82, 2.24) is 9.71 Å². The Bertz CT molecular complexity index is 464. The molecule has 0 atom stereocenters. The van der Waals surface area contributed by atoms with Crippen LogP contribution in [0.4, 0.5) is 5.82 Å². The third kappa shape index (κ3) is 4.22. The number of ether oxygens (including phenoxy) is 1. The maximum atomic E-state index is 12.0. The van der Waals surface area contributed by atoms with Crippen molar-refractivity contribution in [2.75, 3.05) is 25.2 Å². The largest absolute Gasteiger partial charge is 0.382 e. The van der Waals surface area contributed by atoms with Gasteiger partial charge in [-0.3, -0.25) is 0 Å². The number of hydrogen-bond donors (Lipinski definition) is 3. The normalized spacial score (nSPS) is 11.4. The van der Waals surface area contributed by atoms with Gasteiger partial charge in [0.1, 0.15) is 4.90 Å². The molecular weight excluding hydrogens is 256 g/mol. The molecule has 0 radical (unpaired) electrons. The lowest BCUT2D eigenvalue weighted by molar-refractivity contribution is 0.146. The molecule has 8 heteroatoms. The van der Waals surface area contributed by atoms with Crippen molar-refractivity contribution >= 4 is 15.8 Å². The molecule has 0 bridgehead atoms. The Balaban J connectivity index is 2.63. The van der Waals surface area contributed by atoms with Crippen LogP contribution in [0.1, 0.15) is 13.3 Å². The fourth-order valence-corrected chi connectivity index (χ4v) is 2.51. The molecule has 18 heavy (non-hydrogen) atoms. The Labute approximate surface area is 107 Å². The van der Waals surface area contributed by atoms with Gasteiger partial charge in [0.25, 0.3) is 0 Å².